The molecular formula is C16H26ClIN4O. The second-order valence-electron chi connectivity index (χ2n) is 5.67. The minimum atomic E-state index is -0.0414. The molecule has 1 aromatic carbocycles. The molecule has 0 radical (unpaired) electrons. The number of carbonyl (C=O) groups is 1. The van der Waals surface area contributed by atoms with Crippen molar-refractivity contribution in [3.8, 4) is 0 Å². The number of hydrogen-bond acceptors (Lipinski definition) is 2. The molecule has 0 aromatic heterocycles. The molecule has 0 aliphatic rings. The first-order valence-electron chi connectivity index (χ1n) is 7.32. The molecule has 7 heteroatoms. The van der Waals surface area contributed by atoms with Crippen molar-refractivity contribution < 1.29 is 4.79 Å². The van der Waals surface area contributed by atoms with Gasteiger partial charge in [-0.1, -0.05) is 23.7 Å². The number of guanidine groups is 1. The van der Waals surface area contributed by atoms with Gasteiger partial charge in [0, 0.05) is 25.2 Å². The molecule has 1 unspecified atom stereocenters. The normalized spacial score (nSPS) is 12.4. The predicted molar refractivity (Wildman–Crippen MR) is 108 cm³/mol. The lowest BCUT2D eigenvalue weighted by atomic mass is 10.1. The van der Waals surface area contributed by atoms with E-state index in [9.17, 15) is 4.79 Å². The van der Waals surface area contributed by atoms with Crippen molar-refractivity contribution in [2.75, 3.05) is 20.6 Å². The minimum Gasteiger partial charge on any atom is -0.354 e. The third-order valence-corrected chi connectivity index (χ3v) is 3.23. The Morgan fingerprint density at radius 3 is 2.43 bits per heavy atom. The van der Waals surface area contributed by atoms with Crippen LogP contribution in [0.5, 0.6) is 0 Å². The maximum absolute atomic E-state index is 11.7. The largest absolute Gasteiger partial charge is 0.354 e. The molecule has 1 amide bonds. The molecule has 130 valence electrons. The molecule has 0 aliphatic heterocycles. The predicted octanol–water partition coefficient (Wildman–Crippen LogP) is 3.05. The number of aliphatic imine (C=N–C) groups is 1. The maximum atomic E-state index is 11.7. The molecule has 0 heterocycles. The van der Waals surface area contributed by atoms with Gasteiger partial charge in [-0.05, 0) is 38.5 Å². The van der Waals surface area contributed by atoms with Gasteiger partial charge in [0.05, 0.1) is 6.04 Å². The quantitative estimate of drug-likeness (QED) is 0.410. The van der Waals surface area contributed by atoms with Crippen LogP contribution in [0.3, 0.4) is 0 Å². The average molecular weight is 453 g/mol. The second kappa shape index (κ2) is 10.7. The fraction of sp³-hybridized carbons (Fsp3) is 0.500. The van der Waals surface area contributed by atoms with E-state index in [1.807, 2.05) is 45.0 Å². The van der Waals surface area contributed by atoms with E-state index in [0.717, 1.165) is 5.56 Å². The van der Waals surface area contributed by atoms with Gasteiger partial charge in [-0.15, -0.1) is 24.0 Å². The Hall–Kier alpha value is -1.02. The van der Waals surface area contributed by atoms with E-state index in [1.54, 1.807) is 14.1 Å². The summed E-state index contributed by atoms with van der Waals surface area (Å²) in [6, 6.07) is 7.91. The monoisotopic (exact) mass is 452 g/mol. The van der Waals surface area contributed by atoms with Gasteiger partial charge >= 0.3 is 0 Å². The van der Waals surface area contributed by atoms with Crippen LogP contribution in [0.4, 0.5) is 0 Å². The van der Waals surface area contributed by atoms with Crippen molar-refractivity contribution in [3.05, 3.63) is 34.9 Å². The van der Waals surface area contributed by atoms with Crippen LogP contribution in [0.15, 0.2) is 29.3 Å². The summed E-state index contributed by atoms with van der Waals surface area (Å²) in [6.45, 7) is 6.18. The Labute approximate surface area is 160 Å². The fourth-order valence-electron chi connectivity index (χ4n) is 1.76. The van der Waals surface area contributed by atoms with Crippen LogP contribution in [0, 0.1) is 0 Å². The Balaban J connectivity index is 0.00000484. The first-order valence-corrected chi connectivity index (χ1v) is 7.70. The third-order valence-electron chi connectivity index (χ3n) is 3.00. The van der Waals surface area contributed by atoms with Crippen LogP contribution in [-0.4, -0.2) is 43.4 Å². The van der Waals surface area contributed by atoms with E-state index >= 15 is 0 Å². The highest BCUT2D eigenvalue weighted by Gasteiger charge is 2.10. The SMILES string of the molecule is CC(C)NC(=NCC(=O)N(C)C)NC(C)c1cccc(Cl)c1.I. The van der Waals surface area contributed by atoms with Crippen molar-refractivity contribution in [2.24, 2.45) is 4.99 Å². The average Bonchev–Trinajstić information content (AvgIpc) is 2.43. The van der Waals surface area contributed by atoms with Crippen LogP contribution < -0.4 is 10.6 Å². The summed E-state index contributed by atoms with van der Waals surface area (Å²) in [5, 5.41) is 7.22. The fourth-order valence-corrected chi connectivity index (χ4v) is 1.96. The molecule has 0 bridgehead atoms. The Kier molecular flexibility index (Phi) is 10.2. The summed E-state index contributed by atoms with van der Waals surface area (Å²) in [5.74, 6) is 0.568. The number of halogens is 2. The zero-order valence-electron chi connectivity index (χ0n) is 14.3. The summed E-state index contributed by atoms with van der Waals surface area (Å²) in [5.41, 5.74) is 1.06. The van der Waals surface area contributed by atoms with Gasteiger partial charge in [0.25, 0.3) is 0 Å². The summed E-state index contributed by atoms with van der Waals surface area (Å²) < 4.78 is 0. The molecular weight excluding hydrogens is 427 g/mol. The summed E-state index contributed by atoms with van der Waals surface area (Å²) >= 11 is 6.02. The first kappa shape index (κ1) is 22.0. The number of hydrogen-bond donors (Lipinski definition) is 2. The first-order chi connectivity index (χ1) is 10.3. The van der Waals surface area contributed by atoms with Crippen molar-refractivity contribution in [1.29, 1.82) is 0 Å². The summed E-state index contributed by atoms with van der Waals surface area (Å²) in [6.07, 6.45) is 0. The standard InChI is InChI=1S/C16H25ClN4O.HI/c1-11(2)19-16(18-10-15(22)21(4)5)20-12(3)13-7-6-8-14(17)9-13;/h6-9,11-12H,10H2,1-5H3,(H2,18,19,20);1H. The van der Waals surface area contributed by atoms with Gasteiger partial charge in [-0.3, -0.25) is 4.79 Å². The number of carbonyl (C=O) groups excluding carboxylic acids is 1. The number of nitrogens with one attached hydrogen (secondary N) is 2. The summed E-state index contributed by atoms with van der Waals surface area (Å²) in [7, 11) is 3.44. The number of amides is 1. The number of nitrogens with zero attached hydrogens (tertiary/aromatic N) is 2. The molecule has 23 heavy (non-hydrogen) atoms. The third kappa shape index (κ3) is 8.41. The molecule has 0 fully saturated rings. The van der Waals surface area contributed by atoms with Gasteiger partial charge in [-0.25, -0.2) is 4.99 Å². The number of rotatable bonds is 5. The lowest BCUT2D eigenvalue weighted by Gasteiger charge is -2.21. The van der Waals surface area contributed by atoms with E-state index in [0.29, 0.717) is 11.0 Å². The smallest absolute Gasteiger partial charge is 0.243 e. The lowest BCUT2D eigenvalue weighted by molar-refractivity contribution is -0.127. The highest BCUT2D eigenvalue weighted by molar-refractivity contribution is 14.0. The van der Waals surface area contributed by atoms with Crippen molar-refractivity contribution in [2.45, 2.75) is 32.9 Å². The molecule has 0 saturated carbocycles. The van der Waals surface area contributed by atoms with Crippen molar-refractivity contribution >= 4 is 47.4 Å². The van der Waals surface area contributed by atoms with Crippen molar-refractivity contribution in [1.82, 2.24) is 15.5 Å². The molecule has 1 atom stereocenters. The zero-order chi connectivity index (χ0) is 16.7. The second-order valence-corrected chi connectivity index (χ2v) is 6.11. The van der Waals surface area contributed by atoms with E-state index in [2.05, 4.69) is 15.6 Å². The maximum Gasteiger partial charge on any atom is 0.243 e. The molecule has 1 rings (SSSR count). The zero-order valence-corrected chi connectivity index (χ0v) is 17.3. The Morgan fingerprint density at radius 1 is 1.26 bits per heavy atom. The van der Waals surface area contributed by atoms with Crippen LogP contribution in [0.1, 0.15) is 32.4 Å². The molecule has 0 saturated heterocycles. The van der Waals surface area contributed by atoms with Gasteiger partial charge in [0.1, 0.15) is 6.54 Å². The topological polar surface area (TPSA) is 56.7 Å². The van der Waals surface area contributed by atoms with Crippen LogP contribution in [0.25, 0.3) is 0 Å². The molecule has 0 aliphatic carbocycles. The van der Waals surface area contributed by atoms with E-state index < -0.39 is 0 Å². The van der Waals surface area contributed by atoms with Gasteiger partial charge < -0.3 is 15.5 Å². The lowest BCUT2D eigenvalue weighted by Crippen LogP contribution is -2.43. The van der Waals surface area contributed by atoms with Crippen LogP contribution >= 0.6 is 35.6 Å². The van der Waals surface area contributed by atoms with Gasteiger partial charge in [0.2, 0.25) is 5.91 Å². The molecule has 0 spiro atoms. The number of likely N-dealkylation sites (N-methyl/N-ethyl adjacent to an activating group) is 1. The number of benzene rings is 1. The van der Waals surface area contributed by atoms with Crippen LogP contribution in [-0.2, 0) is 4.79 Å². The highest BCUT2D eigenvalue weighted by Crippen LogP contribution is 2.17. The summed E-state index contributed by atoms with van der Waals surface area (Å²) in [4.78, 5) is 17.5. The van der Waals surface area contributed by atoms with Gasteiger partial charge in [-0.2, -0.15) is 0 Å². The highest BCUT2D eigenvalue weighted by atomic mass is 127. The van der Waals surface area contributed by atoms with Crippen molar-refractivity contribution in [3.63, 3.8) is 0 Å². The van der Waals surface area contributed by atoms with E-state index in [-0.39, 0.29) is 48.5 Å². The van der Waals surface area contributed by atoms with Gasteiger partial charge in [0.15, 0.2) is 5.96 Å². The molecule has 5 nitrogen and oxygen atoms in total. The van der Waals surface area contributed by atoms with E-state index in [4.69, 9.17) is 11.6 Å². The Bertz CT molecular complexity index is 535. The van der Waals surface area contributed by atoms with E-state index in [1.165, 1.54) is 4.90 Å². The minimum absolute atomic E-state index is 0. The Morgan fingerprint density at radius 2 is 1.91 bits per heavy atom. The molecule has 2 N–H and O–H groups in total. The van der Waals surface area contributed by atoms with Crippen LogP contribution in [0.2, 0.25) is 5.02 Å². The molecule has 1 aromatic rings.